The van der Waals surface area contributed by atoms with Gasteiger partial charge in [-0.15, -0.1) is 0 Å². The Morgan fingerprint density at radius 1 is 1.64 bits per heavy atom. The second-order valence-electron chi connectivity index (χ2n) is 2.90. The molecule has 1 aliphatic rings. The Labute approximate surface area is 63.3 Å². The molecule has 0 radical (unpaired) electrons. The minimum Gasteiger partial charge on any atom is -0.211 e. The number of hydrogen-bond acceptors (Lipinski definition) is 2. The Morgan fingerprint density at radius 3 is 2.82 bits per heavy atom. The Kier molecular flexibility index (Phi) is 2.35. The summed E-state index contributed by atoms with van der Waals surface area (Å²) in [6.45, 7) is 0.207. The maximum absolute atomic E-state index is 12.5. The van der Waals surface area contributed by atoms with E-state index < -0.39 is 5.92 Å². The van der Waals surface area contributed by atoms with Crippen LogP contribution in [-0.4, -0.2) is 18.5 Å². The Balaban J connectivity index is 2.36. The zero-order valence-corrected chi connectivity index (χ0v) is 6.02. The molecule has 0 spiro atoms. The molecule has 0 aliphatic heterocycles. The van der Waals surface area contributed by atoms with Crippen LogP contribution in [0.2, 0.25) is 0 Å². The number of rotatable bonds is 2. The van der Waals surface area contributed by atoms with Gasteiger partial charge in [0.05, 0.1) is 6.54 Å². The lowest BCUT2D eigenvalue weighted by atomic mass is 10.1. The van der Waals surface area contributed by atoms with Crippen molar-refractivity contribution in [1.29, 1.82) is 0 Å². The van der Waals surface area contributed by atoms with E-state index in [1.54, 1.807) is 0 Å². The number of carbonyl (C=O) groups excluding carboxylic acids is 1. The van der Waals surface area contributed by atoms with Gasteiger partial charge < -0.3 is 0 Å². The van der Waals surface area contributed by atoms with Crippen LogP contribution < -0.4 is 0 Å². The molecule has 1 saturated carbocycles. The second kappa shape index (κ2) is 3.09. The maximum atomic E-state index is 12.5. The topological polar surface area (TPSA) is 29.4 Å². The van der Waals surface area contributed by atoms with Gasteiger partial charge in [0.2, 0.25) is 12.0 Å². The van der Waals surface area contributed by atoms with Gasteiger partial charge in [-0.05, 0) is 12.3 Å². The average molecular weight is 161 g/mol. The summed E-state index contributed by atoms with van der Waals surface area (Å²) in [5, 5.41) is 0. The molecular weight excluding hydrogens is 152 g/mol. The van der Waals surface area contributed by atoms with Gasteiger partial charge in [0.25, 0.3) is 0 Å². The molecule has 1 aliphatic carbocycles. The van der Waals surface area contributed by atoms with Gasteiger partial charge in [0.1, 0.15) is 0 Å². The first-order valence-electron chi connectivity index (χ1n) is 3.55. The monoisotopic (exact) mass is 161 g/mol. The molecule has 0 saturated heterocycles. The molecule has 0 bridgehead atoms. The van der Waals surface area contributed by atoms with E-state index in [0.717, 1.165) is 0 Å². The van der Waals surface area contributed by atoms with Gasteiger partial charge in [-0.3, -0.25) is 0 Å². The largest absolute Gasteiger partial charge is 0.248 e. The van der Waals surface area contributed by atoms with Crippen molar-refractivity contribution in [2.75, 3.05) is 6.54 Å². The van der Waals surface area contributed by atoms with Crippen LogP contribution >= 0.6 is 0 Å². The van der Waals surface area contributed by atoms with Gasteiger partial charge >= 0.3 is 0 Å². The lowest BCUT2D eigenvalue weighted by Gasteiger charge is -2.06. The number of isocyanates is 1. The van der Waals surface area contributed by atoms with Gasteiger partial charge in [-0.1, -0.05) is 0 Å². The summed E-state index contributed by atoms with van der Waals surface area (Å²) < 4.78 is 25.0. The van der Waals surface area contributed by atoms with Crippen LogP contribution in [0, 0.1) is 5.92 Å². The highest BCUT2D eigenvalue weighted by Gasteiger charge is 2.38. The van der Waals surface area contributed by atoms with Gasteiger partial charge in [-0.2, -0.15) is 0 Å². The third-order valence-electron chi connectivity index (χ3n) is 1.92. The summed E-state index contributed by atoms with van der Waals surface area (Å²) in [4.78, 5) is 12.9. The quantitative estimate of drug-likeness (QED) is 0.448. The van der Waals surface area contributed by atoms with Crippen molar-refractivity contribution in [1.82, 2.24) is 0 Å². The number of alkyl halides is 2. The van der Waals surface area contributed by atoms with E-state index in [1.165, 1.54) is 6.08 Å². The SMILES string of the molecule is O=C=NCC1CCC(F)(F)C1. The molecule has 0 aromatic rings. The number of aliphatic imine (C=N–C) groups is 1. The normalized spacial score (nSPS) is 28.0. The number of hydrogen-bond donors (Lipinski definition) is 0. The summed E-state index contributed by atoms with van der Waals surface area (Å²) in [7, 11) is 0. The molecule has 1 atom stereocenters. The highest BCUT2D eigenvalue weighted by Crippen LogP contribution is 2.38. The third-order valence-corrected chi connectivity index (χ3v) is 1.92. The fourth-order valence-corrected chi connectivity index (χ4v) is 1.36. The van der Waals surface area contributed by atoms with E-state index >= 15 is 0 Å². The summed E-state index contributed by atoms with van der Waals surface area (Å²) in [5.41, 5.74) is 0. The molecule has 62 valence electrons. The van der Waals surface area contributed by atoms with E-state index in [9.17, 15) is 13.6 Å². The molecule has 4 heteroatoms. The smallest absolute Gasteiger partial charge is 0.211 e. The van der Waals surface area contributed by atoms with Gasteiger partial charge in [0.15, 0.2) is 0 Å². The van der Waals surface area contributed by atoms with Crippen molar-refractivity contribution in [2.24, 2.45) is 10.9 Å². The van der Waals surface area contributed by atoms with Crippen LogP contribution in [0.4, 0.5) is 8.78 Å². The second-order valence-corrected chi connectivity index (χ2v) is 2.90. The van der Waals surface area contributed by atoms with E-state index in [0.29, 0.717) is 6.42 Å². The van der Waals surface area contributed by atoms with Crippen LogP contribution in [-0.2, 0) is 4.79 Å². The van der Waals surface area contributed by atoms with Gasteiger partial charge in [-0.25, -0.2) is 18.6 Å². The molecule has 0 N–H and O–H groups in total. The van der Waals surface area contributed by atoms with Crippen molar-refractivity contribution < 1.29 is 13.6 Å². The van der Waals surface area contributed by atoms with E-state index in [4.69, 9.17) is 0 Å². The van der Waals surface area contributed by atoms with E-state index in [-0.39, 0.29) is 25.3 Å². The zero-order chi connectivity index (χ0) is 8.32. The van der Waals surface area contributed by atoms with Gasteiger partial charge in [0, 0.05) is 12.8 Å². The molecule has 2 nitrogen and oxygen atoms in total. The third kappa shape index (κ3) is 2.39. The average Bonchev–Trinajstić information content (AvgIpc) is 2.26. The molecule has 1 unspecified atom stereocenters. The lowest BCUT2D eigenvalue weighted by molar-refractivity contribution is 0.00542. The molecular formula is C7H9F2NO. The zero-order valence-electron chi connectivity index (χ0n) is 6.02. The van der Waals surface area contributed by atoms with E-state index in [2.05, 4.69) is 4.99 Å². The fourth-order valence-electron chi connectivity index (χ4n) is 1.36. The summed E-state index contributed by atoms with van der Waals surface area (Å²) in [5.74, 6) is -2.64. The van der Waals surface area contributed by atoms with Crippen LogP contribution in [0.25, 0.3) is 0 Å². The van der Waals surface area contributed by atoms with Crippen LogP contribution in [0.15, 0.2) is 4.99 Å². The molecule has 0 heterocycles. The predicted octanol–water partition coefficient (Wildman–Crippen LogP) is 1.76. The minimum atomic E-state index is -2.52. The first-order chi connectivity index (χ1) is 5.14. The summed E-state index contributed by atoms with van der Waals surface area (Å²) in [6, 6.07) is 0. The first-order valence-corrected chi connectivity index (χ1v) is 3.55. The maximum Gasteiger partial charge on any atom is 0.248 e. The Bertz CT molecular complexity index is 187. The van der Waals surface area contributed by atoms with Crippen molar-refractivity contribution in [3.05, 3.63) is 0 Å². The predicted molar refractivity (Wildman–Crippen MR) is 35.3 cm³/mol. The molecule has 1 rings (SSSR count). The Morgan fingerprint density at radius 2 is 2.36 bits per heavy atom. The minimum absolute atomic E-state index is 0.0634. The van der Waals surface area contributed by atoms with Crippen LogP contribution in [0.3, 0.4) is 0 Å². The van der Waals surface area contributed by atoms with Crippen LogP contribution in [0.5, 0.6) is 0 Å². The Hall–Kier alpha value is -0.760. The molecule has 0 aromatic heterocycles. The summed E-state index contributed by atoms with van der Waals surface area (Å²) >= 11 is 0. The number of halogens is 2. The van der Waals surface area contributed by atoms with Crippen molar-refractivity contribution >= 4 is 6.08 Å². The first kappa shape index (κ1) is 8.34. The standard InChI is InChI=1S/C7H9F2NO/c8-7(9)2-1-6(3-7)4-10-5-11/h6H,1-4H2. The highest BCUT2D eigenvalue weighted by atomic mass is 19.3. The van der Waals surface area contributed by atoms with Crippen LogP contribution in [0.1, 0.15) is 19.3 Å². The number of nitrogens with zero attached hydrogens (tertiary/aromatic N) is 1. The fraction of sp³-hybridized carbons (Fsp3) is 0.857. The van der Waals surface area contributed by atoms with Crippen molar-refractivity contribution in [2.45, 2.75) is 25.2 Å². The molecule has 11 heavy (non-hydrogen) atoms. The van der Waals surface area contributed by atoms with E-state index in [1.807, 2.05) is 0 Å². The molecule has 1 fully saturated rings. The lowest BCUT2D eigenvalue weighted by Crippen LogP contribution is -2.10. The van der Waals surface area contributed by atoms with Crippen molar-refractivity contribution in [3.63, 3.8) is 0 Å². The van der Waals surface area contributed by atoms with Crippen molar-refractivity contribution in [3.8, 4) is 0 Å². The molecule has 0 aromatic carbocycles. The summed E-state index contributed by atoms with van der Waals surface area (Å²) in [6.07, 6.45) is 1.63. The molecule has 0 amide bonds. The highest BCUT2D eigenvalue weighted by molar-refractivity contribution is 5.32.